The van der Waals surface area contributed by atoms with Crippen LogP contribution in [0.25, 0.3) is 0 Å². The van der Waals surface area contributed by atoms with Crippen molar-refractivity contribution in [3.05, 3.63) is 53.2 Å². The van der Waals surface area contributed by atoms with Gasteiger partial charge in [-0.15, -0.1) is 0 Å². The molecule has 1 aromatic heterocycles. The third-order valence-electron chi connectivity index (χ3n) is 3.31. The molecule has 1 unspecified atom stereocenters. The highest BCUT2D eigenvalue weighted by molar-refractivity contribution is 6.29. The second kappa shape index (κ2) is 5.51. The summed E-state index contributed by atoms with van der Waals surface area (Å²) in [5.74, 6) is 0.609. The van der Waals surface area contributed by atoms with Gasteiger partial charge in [0.2, 0.25) is 5.91 Å². The minimum atomic E-state index is -0.00203. The summed E-state index contributed by atoms with van der Waals surface area (Å²) in [5.41, 5.74) is 1.80. The summed E-state index contributed by atoms with van der Waals surface area (Å²) >= 11 is 5.94. The molecule has 0 bridgehead atoms. The molecule has 2 heterocycles. The topological polar surface area (TPSA) is 54.0 Å². The molecule has 0 fully saturated rings. The number of amides is 1. The first-order chi connectivity index (χ1) is 9.72. The maximum absolute atomic E-state index is 11.9. The van der Waals surface area contributed by atoms with Crippen LogP contribution in [0.1, 0.15) is 24.4 Å². The van der Waals surface area contributed by atoms with E-state index in [-0.39, 0.29) is 11.9 Å². The van der Waals surface area contributed by atoms with Gasteiger partial charge >= 0.3 is 0 Å². The van der Waals surface area contributed by atoms with Crippen LogP contribution in [0.4, 0.5) is 11.5 Å². The smallest absolute Gasteiger partial charge is 0.224 e. The largest absolute Gasteiger partial charge is 0.361 e. The summed E-state index contributed by atoms with van der Waals surface area (Å²) in [6, 6.07) is 13.5. The van der Waals surface area contributed by atoms with Crippen molar-refractivity contribution in [1.82, 2.24) is 4.98 Å². The molecular weight excluding hydrogens is 274 g/mol. The molecule has 5 heteroatoms. The molecule has 2 aromatic rings. The molecule has 1 amide bonds. The molecule has 1 atom stereocenters. The highest BCUT2D eigenvalue weighted by atomic mass is 35.5. The van der Waals surface area contributed by atoms with Crippen LogP contribution < -0.4 is 10.6 Å². The van der Waals surface area contributed by atoms with Gasteiger partial charge in [0, 0.05) is 6.42 Å². The average Bonchev–Trinajstić information content (AvgIpc) is 2.45. The van der Waals surface area contributed by atoms with Gasteiger partial charge in [-0.25, -0.2) is 4.98 Å². The number of hydrogen-bond donors (Lipinski definition) is 2. The molecule has 3 rings (SSSR count). The fourth-order valence-corrected chi connectivity index (χ4v) is 2.45. The van der Waals surface area contributed by atoms with E-state index in [2.05, 4.69) is 15.6 Å². The summed E-state index contributed by atoms with van der Waals surface area (Å²) in [7, 11) is 0. The molecule has 1 aliphatic rings. The van der Waals surface area contributed by atoms with Crippen LogP contribution in [-0.4, -0.2) is 10.9 Å². The molecule has 0 aliphatic carbocycles. The van der Waals surface area contributed by atoms with Crippen LogP contribution >= 0.6 is 11.6 Å². The minimum Gasteiger partial charge on any atom is -0.361 e. The number of pyridine rings is 1. The second-order valence-corrected chi connectivity index (χ2v) is 5.11. The van der Waals surface area contributed by atoms with Crippen molar-refractivity contribution in [2.45, 2.75) is 18.9 Å². The minimum absolute atomic E-state index is 0.00203. The Kier molecular flexibility index (Phi) is 3.56. The van der Waals surface area contributed by atoms with Crippen LogP contribution in [0.2, 0.25) is 5.15 Å². The van der Waals surface area contributed by atoms with Crippen molar-refractivity contribution in [3.8, 4) is 0 Å². The van der Waals surface area contributed by atoms with E-state index in [1.54, 1.807) is 12.1 Å². The number of rotatable bonds is 1. The molecule has 0 radical (unpaired) electrons. The number of benzene rings is 1. The van der Waals surface area contributed by atoms with Gasteiger partial charge in [-0.3, -0.25) is 4.79 Å². The monoisotopic (exact) mass is 287 g/mol. The zero-order valence-corrected chi connectivity index (χ0v) is 11.5. The van der Waals surface area contributed by atoms with E-state index in [9.17, 15) is 4.79 Å². The van der Waals surface area contributed by atoms with Gasteiger partial charge in [-0.2, -0.15) is 0 Å². The number of nitrogens with zero attached hydrogens (tertiary/aromatic N) is 1. The van der Waals surface area contributed by atoms with Crippen molar-refractivity contribution in [3.63, 3.8) is 0 Å². The van der Waals surface area contributed by atoms with E-state index < -0.39 is 0 Å². The lowest BCUT2D eigenvalue weighted by atomic mass is 10.0. The normalized spacial score (nSPS) is 18.2. The lowest BCUT2D eigenvalue weighted by molar-refractivity contribution is -0.116. The first-order valence-corrected chi connectivity index (χ1v) is 6.88. The number of aromatic nitrogens is 1. The van der Waals surface area contributed by atoms with E-state index in [0.29, 0.717) is 29.5 Å². The number of fused-ring (bicyclic) bond motifs is 1. The number of anilines is 2. The van der Waals surface area contributed by atoms with E-state index >= 15 is 0 Å². The molecule has 2 N–H and O–H groups in total. The number of nitrogens with one attached hydrogen (secondary N) is 2. The van der Waals surface area contributed by atoms with Gasteiger partial charge in [0.15, 0.2) is 5.82 Å². The molecular formula is C15H14ClN3O. The summed E-state index contributed by atoms with van der Waals surface area (Å²) in [6.07, 6.45) is 1.18. The lowest BCUT2D eigenvalue weighted by Gasteiger charge is -2.24. The quantitative estimate of drug-likeness (QED) is 0.788. The summed E-state index contributed by atoms with van der Waals surface area (Å²) in [4.78, 5) is 16.1. The van der Waals surface area contributed by atoms with Crippen molar-refractivity contribution in [2.75, 3.05) is 10.6 Å². The maximum atomic E-state index is 11.9. The van der Waals surface area contributed by atoms with Crippen LogP contribution in [-0.2, 0) is 4.79 Å². The van der Waals surface area contributed by atoms with E-state index in [1.165, 1.54) is 0 Å². The van der Waals surface area contributed by atoms with Gasteiger partial charge in [-0.1, -0.05) is 41.9 Å². The van der Waals surface area contributed by atoms with Gasteiger partial charge in [0.1, 0.15) is 5.15 Å². The van der Waals surface area contributed by atoms with Crippen LogP contribution in [0.15, 0.2) is 42.5 Å². The highest BCUT2D eigenvalue weighted by Gasteiger charge is 2.20. The van der Waals surface area contributed by atoms with Gasteiger partial charge in [0.25, 0.3) is 0 Å². The Balaban J connectivity index is 1.98. The van der Waals surface area contributed by atoms with Gasteiger partial charge in [-0.05, 0) is 24.1 Å². The molecule has 1 aliphatic heterocycles. The standard InChI is InChI=1S/C15H14ClN3O/c16-13-8-6-12-15(19-13)18-11(7-9-14(20)17-12)10-4-2-1-3-5-10/h1-6,8,11H,7,9H2,(H,17,20)(H,18,19). The maximum Gasteiger partial charge on any atom is 0.224 e. The Morgan fingerprint density at radius 1 is 1.15 bits per heavy atom. The molecule has 0 saturated heterocycles. The van der Waals surface area contributed by atoms with Crippen LogP contribution in [0.3, 0.4) is 0 Å². The molecule has 1 aromatic carbocycles. The predicted molar refractivity (Wildman–Crippen MR) is 79.9 cm³/mol. The fraction of sp³-hybridized carbons (Fsp3) is 0.200. The average molecular weight is 288 g/mol. The molecule has 4 nitrogen and oxygen atoms in total. The first kappa shape index (κ1) is 12.9. The summed E-state index contributed by atoms with van der Waals surface area (Å²) < 4.78 is 0. The molecule has 0 spiro atoms. The third-order valence-corrected chi connectivity index (χ3v) is 3.52. The second-order valence-electron chi connectivity index (χ2n) is 4.72. The first-order valence-electron chi connectivity index (χ1n) is 6.50. The Morgan fingerprint density at radius 2 is 1.95 bits per heavy atom. The Labute approximate surface area is 122 Å². The van der Waals surface area contributed by atoms with E-state index in [4.69, 9.17) is 11.6 Å². The zero-order valence-electron chi connectivity index (χ0n) is 10.8. The van der Waals surface area contributed by atoms with Crippen LogP contribution in [0, 0.1) is 0 Å². The highest BCUT2D eigenvalue weighted by Crippen LogP contribution is 2.31. The predicted octanol–water partition coefficient (Wildman–Crippen LogP) is 3.62. The van der Waals surface area contributed by atoms with Crippen molar-refractivity contribution >= 4 is 29.0 Å². The van der Waals surface area contributed by atoms with Gasteiger partial charge < -0.3 is 10.6 Å². The number of carbonyl (C=O) groups excluding carboxylic acids is 1. The molecule has 102 valence electrons. The number of halogens is 1. The molecule has 0 saturated carbocycles. The number of carbonyl (C=O) groups is 1. The lowest BCUT2D eigenvalue weighted by Crippen LogP contribution is -2.22. The summed E-state index contributed by atoms with van der Waals surface area (Å²) in [6.45, 7) is 0. The third kappa shape index (κ3) is 2.75. The Hall–Kier alpha value is -2.07. The Bertz CT molecular complexity index is 630. The fourth-order valence-electron chi connectivity index (χ4n) is 2.31. The van der Waals surface area contributed by atoms with Crippen molar-refractivity contribution in [1.29, 1.82) is 0 Å². The SMILES string of the molecule is O=C1CCC(c2ccccc2)Nc2nc(Cl)ccc2N1. The van der Waals surface area contributed by atoms with Crippen LogP contribution in [0.5, 0.6) is 0 Å². The van der Waals surface area contributed by atoms with E-state index in [0.717, 1.165) is 5.56 Å². The van der Waals surface area contributed by atoms with Crippen molar-refractivity contribution < 1.29 is 4.79 Å². The van der Waals surface area contributed by atoms with Crippen molar-refractivity contribution in [2.24, 2.45) is 0 Å². The summed E-state index contributed by atoms with van der Waals surface area (Å²) in [5, 5.41) is 6.61. The Morgan fingerprint density at radius 3 is 2.75 bits per heavy atom. The number of hydrogen-bond acceptors (Lipinski definition) is 3. The molecule has 20 heavy (non-hydrogen) atoms. The van der Waals surface area contributed by atoms with Gasteiger partial charge in [0.05, 0.1) is 11.7 Å². The van der Waals surface area contributed by atoms with E-state index in [1.807, 2.05) is 30.3 Å². The zero-order chi connectivity index (χ0) is 13.9.